The maximum Gasteiger partial charge on any atom is 0.325 e. The van der Waals surface area contributed by atoms with Crippen LogP contribution in [0.3, 0.4) is 0 Å². The lowest BCUT2D eigenvalue weighted by Crippen LogP contribution is -2.30. The summed E-state index contributed by atoms with van der Waals surface area (Å²) in [6, 6.07) is 0. The van der Waals surface area contributed by atoms with E-state index in [1.54, 1.807) is 0 Å². The molecule has 0 bridgehead atoms. The van der Waals surface area contributed by atoms with Crippen molar-refractivity contribution in [3.63, 3.8) is 0 Å². The first-order chi connectivity index (χ1) is 14.3. The van der Waals surface area contributed by atoms with Gasteiger partial charge in [0.15, 0.2) is 23.6 Å². The number of hydrogen-bond acceptors (Lipinski definition) is 7. The van der Waals surface area contributed by atoms with Crippen LogP contribution in [0.15, 0.2) is 0 Å². The van der Waals surface area contributed by atoms with Crippen molar-refractivity contribution in [2.24, 2.45) is 5.92 Å². The minimum absolute atomic E-state index is 0.156. The summed E-state index contributed by atoms with van der Waals surface area (Å²) in [6.07, 6.45) is 15.1. The second-order valence-electron chi connectivity index (χ2n) is 8.21. The Morgan fingerprint density at radius 2 is 1.33 bits per heavy atom. The Balaban J connectivity index is 2.09. The number of rotatable bonds is 18. The minimum Gasteiger partial charge on any atom is -0.451 e. The first-order valence-electron chi connectivity index (χ1n) is 11.4. The molecule has 0 spiro atoms. The minimum atomic E-state index is -3.75. The molecular formula is C22H38O7S. The third-order valence-corrected chi connectivity index (χ3v) is 5.94. The van der Waals surface area contributed by atoms with Gasteiger partial charge in [0, 0.05) is 6.42 Å². The Kier molecular flexibility index (Phi) is 13.1. The maximum absolute atomic E-state index is 12.2. The van der Waals surface area contributed by atoms with Gasteiger partial charge in [-0.2, -0.15) is 8.42 Å². The Labute approximate surface area is 181 Å². The van der Waals surface area contributed by atoms with Crippen LogP contribution in [0.2, 0.25) is 0 Å². The molecule has 1 saturated heterocycles. The fourth-order valence-electron chi connectivity index (χ4n) is 3.62. The molecule has 0 amide bonds. The van der Waals surface area contributed by atoms with Gasteiger partial charge in [0.05, 0.1) is 6.26 Å². The van der Waals surface area contributed by atoms with Gasteiger partial charge in [-0.05, 0) is 6.42 Å². The second-order valence-corrected chi connectivity index (χ2v) is 9.85. The maximum atomic E-state index is 12.2. The lowest BCUT2D eigenvalue weighted by Gasteiger charge is -2.06. The van der Waals surface area contributed by atoms with Crippen LogP contribution in [0.5, 0.6) is 0 Å². The van der Waals surface area contributed by atoms with E-state index in [1.165, 1.54) is 57.8 Å². The van der Waals surface area contributed by atoms with Crippen molar-refractivity contribution in [3.05, 3.63) is 0 Å². The normalized spacial score (nSPS) is 19.3. The van der Waals surface area contributed by atoms with E-state index in [2.05, 4.69) is 11.1 Å². The van der Waals surface area contributed by atoms with E-state index in [-0.39, 0.29) is 6.42 Å². The molecule has 2 atom stereocenters. The number of unbranched alkanes of at least 4 members (excludes halogenated alkanes) is 12. The summed E-state index contributed by atoms with van der Waals surface area (Å²) in [7, 11) is -3.75. The number of ether oxygens (including phenoxy) is 1. The summed E-state index contributed by atoms with van der Waals surface area (Å²) in [5.74, 6) is -3.49. The lowest BCUT2D eigenvalue weighted by atomic mass is 9.94. The monoisotopic (exact) mass is 446 g/mol. The van der Waals surface area contributed by atoms with E-state index >= 15 is 0 Å². The van der Waals surface area contributed by atoms with Crippen LogP contribution < -0.4 is 0 Å². The molecule has 0 radical (unpaired) electrons. The zero-order valence-electron chi connectivity index (χ0n) is 18.5. The van der Waals surface area contributed by atoms with Crippen LogP contribution in [-0.2, 0) is 33.4 Å². The zero-order valence-corrected chi connectivity index (χ0v) is 19.3. The molecule has 1 aliphatic heterocycles. The molecule has 0 aromatic heterocycles. The predicted octanol–water partition coefficient (Wildman–Crippen LogP) is 4.12. The Morgan fingerprint density at radius 3 is 1.80 bits per heavy atom. The summed E-state index contributed by atoms with van der Waals surface area (Å²) >= 11 is 0. The number of carbonyl (C=O) groups is 3. The Bertz CT molecular complexity index is 642. The highest BCUT2D eigenvalue weighted by Crippen LogP contribution is 2.22. The van der Waals surface area contributed by atoms with Crippen molar-refractivity contribution in [1.29, 1.82) is 0 Å². The van der Waals surface area contributed by atoms with Gasteiger partial charge in [-0.3, -0.25) is 18.6 Å². The predicted molar refractivity (Wildman–Crippen MR) is 114 cm³/mol. The van der Waals surface area contributed by atoms with Gasteiger partial charge in [0.1, 0.15) is 6.61 Å². The summed E-state index contributed by atoms with van der Waals surface area (Å²) < 4.78 is 31.3. The molecule has 0 saturated carbocycles. The van der Waals surface area contributed by atoms with Crippen LogP contribution in [-0.4, -0.2) is 44.9 Å². The van der Waals surface area contributed by atoms with Crippen molar-refractivity contribution in [2.45, 2.75) is 103 Å². The second kappa shape index (κ2) is 14.7. The van der Waals surface area contributed by atoms with Gasteiger partial charge >= 0.3 is 5.97 Å². The quantitative estimate of drug-likeness (QED) is 0.135. The Hall–Kier alpha value is -1.28. The summed E-state index contributed by atoms with van der Waals surface area (Å²) in [5.41, 5.74) is 0. The molecule has 0 aromatic carbocycles. The number of ketones is 2. The first-order valence-corrected chi connectivity index (χ1v) is 13.2. The van der Waals surface area contributed by atoms with Crippen LogP contribution in [0, 0.1) is 5.92 Å². The van der Waals surface area contributed by atoms with E-state index < -0.39 is 46.3 Å². The van der Waals surface area contributed by atoms with Crippen molar-refractivity contribution < 1.29 is 31.7 Å². The molecule has 30 heavy (non-hydrogen) atoms. The van der Waals surface area contributed by atoms with E-state index in [0.717, 1.165) is 25.5 Å². The largest absolute Gasteiger partial charge is 0.451 e. The molecule has 8 heteroatoms. The van der Waals surface area contributed by atoms with Crippen molar-refractivity contribution >= 4 is 27.7 Å². The standard InChI is InChI=1S/C22H38O7S/c1-3-4-5-6-7-8-9-10-11-12-13-14-15-16-18(23)20-21(24)19(29-22(20)25)17-28-30(2,26)27/h19-20H,3-17H2,1-2H3. The van der Waals surface area contributed by atoms with Crippen molar-refractivity contribution in [1.82, 2.24) is 0 Å². The van der Waals surface area contributed by atoms with Crippen LogP contribution >= 0.6 is 0 Å². The number of Topliss-reactive ketones (excluding diaryl/α,β-unsaturated/α-hetero) is 2. The average molecular weight is 447 g/mol. The van der Waals surface area contributed by atoms with E-state index in [9.17, 15) is 22.8 Å². The Morgan fingerprint density at radius 1 is 0.867 bits per heavy atom. The van der Waals surface area contributed by atoms with Gasteiger partial charge in [-0.15, -0.1) is 0 Å². The fraction of sp³-hybridized carbons (Fsp3) is 0.864. The first kappa shape index (κ1) is 26.8. The SMILES string of the molecule is CCCCCCCCCCCCCCCC(=O)C1C(=O)OC(COS(C)(=O)=O)C1=O. The van der Waals surface area contributed by atoms with Gasteiger partial charge in [-0.1, -0.05) is 84.0 Å². The number of hydrogen-bond donors (Lipinski definition) is 0. The highest BCUT2D eigenvalue weighted by Gasteiger charge is 2.47. The van der Waals surface area contributed by atoms with Gasteiger partial charge in [0.25, 0.3) is 10.1 Å². The van der Waals surface area contributed by atoms with E-state index in [1.807, 2.05) is 0 Å². The third-order valence-electron chi connectivity index (χ3n) is 5.38. The number of esters is 1. The third kappa shape index (κ3) is 11.2. The summed E-state index contributed by atoms with van der Waals surface area (Å²) in [6.45, 7) is 1.65. The molecule has 1 rings (SSSR count). The molecule has 1 fully saturated rings. The average Bonchev–Trinajstić information content (AvgIpc) is 2.96. The van der Waals surface area contributed by atoms with Gasteiger partial charge in [0.2, 0.25) is 0 Å². The topological polar surface area (TPSA) is 104 Å². The van der Waals surface area contributed by atoms with E-state index in [0.29, 0.717) is 6.42 Å². The number of cyclic esters (lactones) is 1. The van der Waals surface area contributed by atoms with Crippen molar-refractivity contribution in [3.8, 4) is 0 Å². The van der Waals surface area contributed by atoms with Crippen LogP contribution in [0.4, 0.5) is 0 Å². The molecular weight excluding hydrogens is 408 g/mol. The molecule has 0 aliphatic carbocycles. The van der Waals surface area contributed by atoms with Crippen molar-refractivity contribution in [2.75, 3.05) is 12.9 Å². The van der Waals surface area contributed by atoms with Gasteiger partial charge < -0.3 is 4.74 Å². The van der Waals surface area contributed by atoms with Crippen LogP contribution in [0.25, 0.3) is 0 Å². The zero-order chi connectivity index (χ0) is 22.4. The molecule has 0 N–H and O–H groups in total. The molecule has 2 unspecified atom stereocenters. The van der Waals surface area contributed by atoms with Gasteiger partial charge in [-0.25, -0.2) is 0 Å². The number of carbonyl (C=O) groups excluding carboxylic acids is 3. The molecule has 7 nitrogen and oxygen atoms in total. The van der Waals surface area contributed by atoms with E-state index in [4.69, 9.17) is 4.74 Å². The highest BCUT2D eigenvalue weighted by atomic mass is 32.2. The molecule has 0 aromatic rings. The highest BCUT2D eigenvalue weighted by molar-refractivity contribution is 7.85. The van der Waals surface area contributed by atoms with Crippen LogP contribution in [0.1, 0.15) is 96.8 Å². The molecule has 1 heterocycles. The lowest BCUT2D eigenvalue weighted by molar-refractivity contribution is -0.147. The molecule has 1 aliphatic rings. The molecule has 174 valence electrons. The summed E-state index contributed by atoms with van der Waals surface area (Å²) in [5, 5.41) is 0. The smallest absolute Gasteiger partial charge is 0.325 e. The summed E-state index contributed by atoms with van der Waals surface area (Å²) in [4.78, 5) is 36.2. The fourth-order valence-corrected chi connectivity index (χ4v) is 3.99.